The third kappa shape index (κ3) is 1.34. The molecule has 0 saturated carbocycles. The minimum Gasteiger partial charge on any atom is -0.573 e. The van der Waals surface area contributed by atoms with Gasteiger partial charge >= 0.3 is 6.55 Å². The molecular formula is C9H11BN2O3-. The summed E-state index contributed by atoms with van der Waals surface area (Å²) in [7, 11) is 0. The molecule has 1 aromatic carbocycles. The summed E-state index contributed by atoms with van der Waals surface area (Å²) in [6.45, 7) is -2.59. The molecule has 1 aliphatic rings. The summed E-state index contributed by atoms with van der Waals surface area (Å²) in [6.07, 6.45) is -0.480. The van der Waals surface area contributed by atoms with E-state index in [2.05, 4.69) is 6.07 Å². The quantitative estimate of drug-likeness (QED) is 0.530. The molecule has 6 heteroatoms. The minimum atomic E-state index is -2.78. The SMILES string of the molecule is NCC1O[B-](O)(C(N)=O)c2c[c]ccc21. The van der Waals surface area contributed by atoms with Crippen LogP contribution in [0.15, 0.2) is 18.2 Å². The zero-order valence-electron chi connectivity index (χ0n) is 8.01. The highest BCUT2D eigenvalue weighted by molar-refractivity contribution is 7.05. The van der Waals surface area contributed by atoms with Crippen molar-refractivity contribution in [2.24, 2.45) is 11.5 Å². The van der Waals surface area contributed by atoms with E-state index >= 15 is 0 Å². The van der Waals surface area contributed by atoms with Crippen molar-refractivity contribution < 1.29 is 14.5 Å². The van der Waals surface area contributed by atoms with E-state index in [1.807, 2.05) is 0 Å². The van der Waals surface area contributed by atoms with Crippen molar-refractivity contribution in [3.63, 3.8) is 0 Å². The highest BCUT2D eigenvalue weighted by Crippen LogP contribution is 2.27. The Hall–Kier alpha value is -1.37. The van der Waals surface area contributed by atoms with Gasteiger partial charge < -0.3 is 25.9 Å². The van der Waals surface area contributed by atoms with Crippen molar-refractivity contribution in [2.75, 3.05) is 6.54 Å². The van der Waals surface area contributed by atoms with E-state index in [9.17, 15) is 9.82 Å². The molecule has 5 N–H and O–H groups in total. The third-order valence-electron chi connectivity index (χ3n) is 2.66. The van der Waals surface area contributed by atoms with Crippen LogP contribution in [0.25, 0.3) is 0 Å². The van der Waals surface area contributed by atoms with Crippen LogP contribution < -0.4 is 16.9 Å². The first kappa shape index (κ1) is 10.2. The fourth-order valence-corrected chi connectivity index (χ4v) is 1.87. The molecular weight excluding hydrogens is 195 g/mol. The molecule has 1 amide bonds. The van der Waals surface area contributed by atoms with E-state index in [1.165, 1.54) is 6.07 Å². The minimum absolute atomic E-state index is 0.189. The van der Waals surface area contributed by atoms with Gasteiger partial charge in [-0.25, -0.2) is 0 Å². The standard InChI is InChI=1S/C9H11BN2O3/c11-5-8-6-3-1-2-4-7(6)10(14,15-8)9(12)13/h1,3-4,8,14H,5,11H2,(H2,12,13)/q-1. The van der Waals surface area contributed by atoms with Crippen LogP contribution in [-0.2, 0) is 4.65 Å². The van der Waals surface area contributed by atoms with Crippen LogP contribution in [0.3, 0.4) is 0 Å². The first-order valence-corrected chi connectivity index (χ1v) is 4.64. The van der Waals surface area contributed by atoms with Crippen LogP contribution in [0.1, 0.15) is 11.7 Å². The van der Waals surface area contributed by atoms with E-state index in [0.29, 0.717) is 11.0 Å². The van der Waals surface area contributed by atoms with Crippen LogP contribution in [0.5, 0.6) is 0 Å². The normalized spacial score (nSPS) is 28.8. The van der Waals surface area contributed by atoms with Gasteiger partial charge in [0, 0.05) is 12.6 Å². The van der Waals surface area contributed by atoms with Crippen molar-refractivity contribution in [2.45, 2.75) is 6.10 Å². The van der Waals surface area contributed by atoms with Crippen molar-refractivity contribution in [1.82, 2.24) is 0 Å². The van der Waals surface area contributed by atoms with Gasteiger partial charge in [-0.3, -0.25) is 0 Å². The number of nitrogens with two attached hydrogens (primary N) is 2. The molecule has 1 aliphatic heterocycles. The predicted octanol–water partition coefficient (Wildman–Crippen LogP) is -1.18. The molecule has 2 rings (SSSR count). The number of amides is 1. The fraction of sp³-hybridized carbons (Fsp3) is 0.222. The van der Waals surface area contributed by atoms with Gasteiger partial charge in [-0.15, -0.1) is 5.46 Å². The van der Waals surface area contributed by atoms with Crippen molar-refractivity contribution in [3.05, 3.63) is 29.8 Å². The van der Waals surface area contributed by atoms with Gasteiger partial charge in [-0.2, -0.15) is 0 Å². The van der Waals surface area contributed by atoms with Crippen LogP contribution >= 0.6 is 0 Å². The van der Waals surface area contributed by atoms with Crippen molar-refractivity contribution >= 4 is 17.8 Å². The van der Waals surface area contributed by atoms with Crippen LogP contribution in [-0.4, -0.2) is 23.9 Å². The lowest BCUT2D eigenvalue weighted by atomic mass is 9.52. The molecule has 1 radical (unpaired) electrons. The van der Waals surface area contributed by atoms with Crippen LogP contribution in [0.2, 0.25) is 0 Å². The molecule has 2 unspecified atom stereocenters. The summed E-state index contributed by atoms with van der Waals surface area (Å²) in [5, 5.41) is 10.0. The molecule has 0 fully saturated rings. The Labute approximate surface area is 87.0 Å². The number of carbonyl (C=O) groups excluding carboxylic acids is 1. The number of hydrogen-bond acceptors (Lipinski definition) is 4. The van der Waals surface area contributed by atoms with Crippen LogP contribution in [0.4, 0.5) is 4.79 Å². The Kier molecular flexibility index (Phi) is 2.26. The number of fused-ring (bicyclic) bond motifs is 1. The Morgan fingerprint density at radius 2 is 2.47 bits per heavy atom. The van der Waals surface area contributed by atoms with Gasteiger partial charge in [0.25, 0.3) is 0 Å². The first-order valence-electron chi connectivity index (χ1n) is 4.64. The molecule has 1 heterocycles. The topological polar surface area (TPSA) is 98.6 Å². The van der Waals surface area contributed by atoms with Crippen molar-refractivity contribution in [3.8, 4) is 0 Å². The van der Waals surface area contributed by atoms with Gasteiger partial charge in [0.1, 0.15) is 5.81 Å². The number of carbonyl (C=O) groups is 1. The zero-order valence-corrected chi connectivity index (χ0v) is 8.01. The maximum Gasteiger partial charge on any atom is 0.356 e. The van der Waals surface area contributed by atoms with Gasteiger partial charge in [-0.05, 0) is 6.07 Å². The summed E-state index contributed by atoms with van der Waals surface area (Å²) in [5.41, 5.74) is 11.7. The summed E-state index contributed by atoms with van der Waals surface area (Å²) >= 11 is 0. The highest BCUT2D eigenvalue weighted by atomic mass is 16.6. The molecule has 0 spiro atoms. The Morgan fingerprint density at radius 1 is 1.73 bits per heavy atom. The maximum absolute atomic E-state index is 11.2. The Balaban J connectivity index is 2.55. The second kappa shape index (κ2) is 3.34. The van der Waals surface area contributed by atoms with Gasteiger partial charge in [0.05, 0.1) is 0 Å². The molecule has 0 saturated heterocycles. The number of primary amides is 1. The average Bonchev–Trinajstić information content (AvgIpc) is 2.54. The van der Waals surface area contributed by atoms with E-state index in [4.69, 9.17) is 16.1 Å². The van der Waals surface area contributed by atoms with E-state index in [0.717, 1.165) is 0 Å². The number of rotatable bonds is 2. The fourth-order valence-electron chi connectivity index (χ4n) is 1.87. The molecule has 0 bridgehead atoms. The van der Waals surface area contributed by atoms with Gasteiger partial charge in [-0.1, -0.05) is 23.8 Å². The summed E-state index contributed by atoms with van der Waals surface area (Å²) < 4.78 is 5.23. The molecule has 15 heavy (non-hydrogen) atoms. The molecule has 0 aliphatic carbocycles. The maximum atomic E-state index is 11.2. The van der Waals surface area contributed by atoms with Crippen LogP contribution in [0, 0.1) is 6.07 Å². The Morgan fingerprint density at radius 3 is 3.07 bits per heavy atom. The lowest BCUT2D eigenvalue weighted by Gasteiger charge is -2.28. The second-order valence-electron chi connectivity index (χ2n) is 3.56. The zero-order chi connectivity index (χ0) is 11.1. The number of hydrogen-bond donors (Lipinski definition) is 3. The van der Waals surface area contributed by atoms with E-state index < -0.39 is 18.5 Å². The highest BCUT2D eigenvalue weighted by Gasteiger charge is 2.42. The largest absolute Gasteiger partial charge is 0.573 e. The molecule has 0 aromatic heterocycles. The summed E-state index contributed by atoms with van der Waals surface area (Å²) in [6, 6.07) is 7.68. The summed E-state index contributed by atoms with van der Waals surface area (Å²) in [5.74, 6) is -0.883. The van der Waals surface area contributed by atoms with Crippen molar-refractivity contribution in [1.29, 1.82) is 0 Å². The molecule has 79 valence electrons. The van der Waals surface area contributed by atoms with Gasteiger partial charge in [0.15, 0.2) is 0 Å². The second-order valence-corrected chi connectivity index (χ2v) is 3.56. The molecule has 2 atom stereocenters. The summed E-state index contributed by atoms with van der Waals surface area (Å²) in [4.78, 5) is 11.2. The third-order valence-corrected chi connectivity index (χ3v) is 2.66. The number of benzene rings is 1. The predicted molar refractivity (Wildman–Crippen MR) is 55.3 cm³/mol. The monoisotopic (exact) mass is 206 g/mol. The van der Waals surface area contributed by atoms with E-state index in [1.54, 1.807) is 12.1 Å². The molecule has 5 nitrogen and oxygen atoms in total. The smallest absolute Gasteiger partial charge is 0.356 e. The first-order chi connectivity index (χ1) is 7.09. The lowest BCUT2D eigenvalue weighted by molar-refractivity contribution is 0.176. The Bertz CT molecular complexity index is 412. The van der Waals surface area contributed by atoms with E-state index in [-0.39, 0.29) is 6.54 Å². The van der Waals surface area contributed by atoms with Gasteiger partial charge in [0.2, 0.25) is 0 Å². The molecule has 1 aromatic rings. The lowest BCUT2D eigenvalue weighted by Crippen LogP contribution is -2.58. The average molecular weight is 206 g/mol.